The van der Waals surface area contributed by atoms with E-state index in [0.717, 1.165) is 6.07 Å². The van der Waals surface area contributed by atoms with E-state index >= 15 is 0 Å². The average molecular weight is 274 g/mol. The van der Waals surface area contributed by atoms with Gasteiger partial charge in [0.05, 0.1) is 11.0 Å². The van der Waals surface area contributed by atoms with Gasteiger partial charge in [-0.15, -0.1) is 11.6 Å². The maximum atomic E-state index is 10.8. The van der Waals surface area contributed by atoms with E-state index in [0.29, 0.717) is 6.29 Å². The second-order valence-corrected chi connectivity index (χ2v) is 4.06. The van der Waals surface area contributed by atoms with Crippen molar-refractivity contribution >= 4 is 23.6 Å². The predicted molar refractivity (Wildman–Crippen MR) is 64.8 cm³/mol. The Morgan fingerprint density at radius 1 is 1.44 bits per heavy atom. The second kappa shape index (κ2) is 6.44. The standard InChI is InChI=1S/C11H12ClNO5/c12-4-3-10(15)11(16)9-2-1-8(13(17)18)5-7(9)6-14/h1-2,5-6,10-11,15-16H,3-4H2. The molecule has 0 aromatic heterocycles. The summed E-state index contributed by atoms with van der Waals surface area (Å²) in [4.78, 5) is 20.8. The largest absolute Gasteiger partial charge is 0.390 e. The topological polar surface area (TPSA) is 101 Å². The minimum absolute atomic E-state index is 0.0228. The van der Waals surface area contributed by atoms with E-state index in [4.69, 9.17) is 11.6 Å². The number of nitro groups is 1. The van der Waals surface area contributed by atoms with Crippen LogP contribution in [0, 0.1) is 10.1 Å². The number of aldehydes is 1. The number of benzene rings is 1. The van der Waals surface area contributed by atoms with Gasteiger partial charge in [0.25, 0.3) is 5.69 Å². The van der Waals surface area contributed by atoms with Crippen LogP contribution in [0.4, 0.5) is 5.69 Å². The average Bonchev–Trinajstić information content (AvgIpc) is 2.37. The van der Waals surface area contributed by atoms with E-state index in [1.807, 2.05) is 0 Å². The number of hydrogen-bond acceptors (Lipinski definition) is 5. The molecule has 1 aromatic carbocycles. The van der Waals surface area contributed by atoms with Crippen molar-refractivity contribution in [2.45, 2.75) is 18.6 Å². The first kappa shape index (κ1) is 14.6. The van der Waals surface area contributed by atoms with Gasteiger partial charge in [-0.2, -0.15) is 0 Å². The number of carbonyl (C=O) groups is 1. The number of non-ortho nitro benzene ring substituents is 1. The molecule has 0 saturated carbocycles. The van der Waals surface area contributed by atoms with Crippen molar-refractivity contribution in [2.24, 2.45) is 0 Å². The lowest BCUT2D eigenvalue weighted by atomic mass is 9.97. The molecule has 0 spiro atoms. The zero-order valence-corrected chi connectivity index (χ0v) is 10.1. The molecule has 0 amide bonds. The molecule has 0 aliphatic rings. The van der Waals surface area contributed by atoms with Crippen molar-refractivity contribution in [1.29, 1.82) is 0 Å². The maximum absolute atomic E-state index is 10.8. The molecule has 0 aliphatic heterocycles. The molecule has 0 fully saturated rings. The van der Waals surface area contributed by atoms with E-state index in [2.05, 4.69) is 0 Å². The Hall–Kier alpha value is -1.50. The Labute approximate surface area is 108 Å². The summed E-state index contributed by atoms with van der Waals surface area (Å²) in [7, 11) is 0. The monoisotopic (exact) mass is 273 g/mol. The summed E-state index contributed by atoms with van der Waals surface area (Å²) < 4.78 is 0. The van der Waals surface area contributed by atoms with E-state index in [1.165, 1.54) is 12.1 Å². The smallest absolute Gasteiger partial charge is 0.270 e. The molecule has 0 saturated heterocycles. The number of rotatable bonds is 6. The summed E-state index contributed by atoms with van der Waals surface area (Å²) in [6.45, 7) is 0. The van der Waals surface area contributed by atoms with E-state index in [-0.39, 0.29) is 29.1 Å². The molecule has 2 unspecified atom stereocenters. The zero-order chi connectivity index (χ0) is 13.7. The molecule has 18 heavy (non-hydrogen) atoms. The van der Waals surface area contributed by atoms with Crippen molar-refractivity contribution in [3.05, 3.63) is 39.4 Å². The van der Waals surface area contributed by atoms with Gasteiger partial charge in [-0.1, -0.05) is 0 Å². The fraction of sp³-hybridized carbons (Fsp3) is 0.364. The lowest BCUT2D eigenvalue weighted by Crippen LogP contribution is -2.20. The van der Waals surface area contributed by atoms with Gasteiger partial charge in [-0.25, -0.2) is 0 Å². The van der Waals surface area contributed by atoms with Crippen LogP contribution in [0.1, 0.15) is 28.4 Å². The van der Waals surface area contributed by atoms with Crippen LogP contribution in [0.25, 0.3) is 0 Å². The molecule has 2 atom stereocenters. The number of nitro benzene ring substituents is 1. The van der Waals surface area contributed by atoms with Gasteiger partial charge in [0, 0.05) is 23.6 Å². The minimum atomic E-state index is -1.30. The highest BCUT2D eigenvalue weighted by Crippen LogP contribution is 2.25. The van der Waals surface area contributed by atoms with Crippen LogP contribution in [-0.2, 0) is 0 Å². The van der Waals surface area contributed by atoms with Crippen LogP contribution in [0.2, 0.25) is 0 Å². The van der Waals surface area contributed by atoms with Crippen LogP contribution < -0.4 is 0 Å². The van der Waals surface area contributed by atoms with Gasteiger partial charge >= 0.3 is 0 Å². The van der Waals surface area contributed by atoms with Crippen molar-refractivity contribution in [2.75, 3.05) is 5.88 Å². The van der Waals surface area contributed by atoms with Crippen molar-refractivity contribution in [1.82, 2.24) is 0 Å². The quantitative estimate of drug-likeness (QED) is 0.353. The SMILES string of the molecule is O=Cc1cc([N+](=O)[O-])ccc1C(O)C(O)CCCl. The first-order chi connectivity index (χ1) is 8.51. The minimum Gasteiger partial charge on any atom is -0.390 e. The van der Waals surface area contributed by atoms with Gasteiger partial charge < -0.3 is 10.2 Å². The van der Waals surface area contributed by atoms with Gasteiger partial charge in [0.15, 0.2) is 6.29 Å². The zero-order valence-electron chi connectivity index (χ0n) is 9.32. The third-order valence-electron chi connectivity index (χ3n) is 2.50. The molecule has 0 aliphatic carbocycles. The van der Waals surface area contributed by atoms with Gasteiger partial charge in [-0.3, -0.25) is 14.9 Å². The van der Waals surface area contributed by atoms with Crippen LogP contribution >= 0.6 is 11.6 Å². The molecule has 2 N–H and O–H groups in total. The highest BCUT2D eigenvalue weighted by atomic mass is 35.5. The Kier molecular flexibility index (Phi) is 5.21. The summed E-state index contributed by atoms with van der Waals surface area (Å²) in [5, 5.41) is 30.0. The second-order valence-electron chi connectivity index (χ2n) is 3.68. The van der Waals surface area contributed by atoms with Crippen LogP contribution in [0.5, 0.6) is 0 Å². The Morgan fingerprint density at radius 3 is 2.61 bits per heavy atom. The van der Waals surface area contributed by atoms with Crippen LogP contribution in [-0.4, -0.2) is 33.4 Å². The predicted octanol–water partition coefficient (Wildman–Crippen LogP) is 1.43. The third-order valence-corrected chi connectivity index (χ3v) is 2.71. The van der Waals surface area contributed by atoms with Gasteiger partial charge in [0.1, 0.15) is 6.10 Å². The molecular formula is C11H12ClNO5. The number of nitrogens with zero attached hydrogens (tertiary/aromatic N) is 1. The first-order valence-corrected chi connectivity index (χ1v) is 5.70. The third kappa shape index (κ3) is 3.25. The summed E-state index contributed by atoms with van der Waals surface area (Å²) in [6, 6.07) is 3.47. The molecule has 7 heteroatoms. The van der Waals surface area contributed by atoms with Gasteiger partial charge in [-0.05, 0) is 18.1 Å². The van der Waals surface area contributed by atoms with Crippen molar-refractivity contribution in [3.8, 4) is 0 Å². The fourth-order valence-electron chi connectivity index (χ4n) is 1.52. The lowest BCUT2D eigenvalue weighted by molar-refractivity contribution is -0.384. The fourth-order valence-corrected chi connectivity index (χ4v) is 1.75. The molecule has 0 bridgehead atoms. The van der Waals surface area contributed by atoms with Crippen molar-refractivity contribution in [3.63, 3.8) is 0 Å². The maximum Gasteiger partial charge on any atom is 0.270 e. The number of carbonyl (C=O) groups excluding carboxylic acids is 1. The number of alkyl halides is 1. The number of halogens is 1. The van der Waals surface area contributed by atoms with Crippen molar-refractivity contribution < 1.29 is 19.9 Å². The van der Waals surface area contributed by atoms with E-state index in [1.54, 1.807) is 0 Å². The molecule has 0 radical (unpaired) electrons. The summed E-state index contributed by atoms with van der Waals surface area (Å²) in [6.07, 6.45) is -1.87. The number of hydrogen-bond donors (Lipinski definition) is 2. The molecule has 98 valence electrons. The number of aliphatic hydroxyl groups excluding tert-OH is 2. The van der Waals surface area contributed by atoms with Gasteiger partial charge in [0.2, 0.25) is 0 Å². The normalized spacial score (nSPS) is 13.9. The highest BCUT2D eigenvalue weighted by molar-refractivity contribution is 6.17. The molecule has 1 rings (SSSR count). The lowest BCUT2D eigenvalue weighted by Gasteiger charge is -2.18. The summed E-state index contributed by atoms with van der Waals surface area (Å²) in [5.74, 6) is 0.154. The number of aliphatic hydroxyl groups is 2. The Bertz CT molecular complexity index is 451. The summed E-state index contributed by atoms with van der Waals surface area (Å²) >= 11 is 5.44. The van der Waals surface area contributed by atoms with E-state index < -0.39 is 17.1 Å². The Balaban J connectivity index is 3.08. The molecule has 1 aromatic rings. The molecule has 0 heterocycles. The Morgan fingerprint density at radius 2 is 2.11 bits per heavy atom. The highest BCUT2D eigenvalue weighted by Gasteiger charge is 2.22. The molecular weight excluding hydrogens is 262 g/mol. The van der Waals surface area contributed by atoms with Crippen LogP contribution in [0.3, 0.4) is 0 Å². The molecule has 6 nitrogen and oxygen atoms in total. The summed E-state index contributed by atoms with van der Waals surface area (Å²) in [5.41, 5.74) is -0.126. The van der Waals surface area contributed by atoms with E-state index in [9.17, 15) is 25.1 Å². The first-order valence-electron chi connectivity index (χ1n) is 5.17. The van der Waals surface area contributed by atoms with Crippen LogP contribution in [0.15, 0.2) is 18.2 Å².